The average Bonchev–Trinajstić information content (AvgIpc) is 3.19. The predicted molar refractivity (Wildman–Crippen MR) is 101 cm³/mol. The first kappa shape index (κ1) is 19.6. The Bertz CT molecular complexity index is 913. The van der Waals surface area contributed by atoms with Gasteiger partial charge in [0.2, 0.25) is 9.84 Å². The molecule has 1 amide bonds. The Morgan fingerprint density at radius 3 is 2.41 bits per heavy atom. The molecule has 0 spiro atoms. The zero-order valence-corrected chi connectivity index (χ0v) is 16.6. The first-order chi connectivity index (χ1) is 12.9. The number of piperidine rings is 1. The molecule has 2 aromatic rings. The Balaban J connectivity index is 1.69. The van der Waals surface area contributed by atoms with Gasteiger partial charge in [0.25, 0.3) is 5.91 Å². The summed E-state index contributed by atoms with van der Waals surface area (Å²) >= 11 is 0.981. The van der Waals surface area contributed by atoms with E-state index in [9.17, 15) is 18.0 Å². The number of esters is 1. The summed E-state index contributed by atoms with van der Waals surface area (Å²) in [4.78, 5) is 26.8. The second-order valence-corrected chi connectivity index (χ2v) is 9.51. The van der Waals surface area contributed by atoms with Crippen molar-refractivity contribution in [1.29, 1.82) is 0 Å². The maximum absolute atomic E-state index is 12.7. The number of hydrogen-bond acceptors (Lipinski definition) is 6. The van der Waals surface area contributed by atoms with Gasteiger partial charge < -0.3 is 9.64 Å². The van der Waals surface area contributed by atoms with E-state index in [1.54, 1.807) is 36.1 Å². The fourth-order valence-corrected chi connectivity index (χ4v) is 5.73. The van der Waals surface area contributed by atoms with Gasteiger partial charge in [0.15, 0.2) is 0 Å². The molecule has 0 unspecified atom stereocenters. The van der Waals surface area contributed by atoms with Crippen molar-refractivity contribution >= 4 is 33.1 Å². The second-order valence-electron chi connectivity index (χ2n) is 6.25. The number of nitrogens with zero attached hydrogens (tertiary/aromatic N) is 1. The van der Waals surface area contributed by atoms with E-state index in [0.29, 0.717) is 37.4 Å². The summed E-state index contributed by atoms with van der Waals surface area (Å²) in [5.74, 6) is -0.583. The molecule has 8 heteroatoms. The summed E-state index contributed by atoms with van der Waals surface area (Å²) in [6.45, 7) is 3.04. The van der Waals surface area contributed by atoms with Crippen LogP contribution >= 0.6 is 11.3 Å². The van der Waals surface area contributed by atoms with Crippen LogP contribution in [0.5, 0.6) is 0 Å². The first-order valence-electron chi connectivity index (χ1n) is 8.79. The Hall–Kier alpha value is -2.19. The molecular weight excluding hydrogens is 386 g/mol. The first-order valence-corrected chi connectivity index (χ1v) is 11.1. The van der Waals surface area contributed by atoms with E-state index in [2.05, 4.69) is 0 Å². The van der Waals surface area contributed by atoms with E-state index < -0.39 is 9.84 Å². The lowest BCUT2D eigenvalue weighted by Crippen LogP contribution is -2.40. The third-order valence-corrected chi connectivity index (χ3v) is 7.85. The molecule has 1 aliphatic heterocycles. The van der Waals surface area contributed by atoms with Crippen LogP contribution in [0, 0.1) is 5.92 Å². The molecule has 144 valence electrons. The Morgan fingerprint density at radius 2 is 1.78 bits per heavy atom. The number of likely N-dealkylation sites (tertiary alicyclic amines) is 1. The Labute approximate surface area is 162 Å². The zero-order valence-electron chi connectivity index (χ0n) is 15.0. The number of rotatable bonds is 5. The highest BCUT2D eigenvalue weighted by Gasteiger charge is 2.30. The molecule has 0 bridgehead atoms. The van der Waals surface area contributed by atoms with Crippen molar-refractivity contribution in [1.82, 2.24) is 4.90 Å². The van der Waals surface area contributed by atoms with Crippen LogP contribution in [0.3, 0.4) is 0 Å². The molecule has 27 heavy (non-hydrogen) atoms. The normalized spacial score (nSPS) is 15.5. The summed E-state index contributed by atoms with van der Waals surface area (Å²) in [5.41, 5.74) is 0. The SMILES string of the molecule is CCOC(=O)C1CCN(C(=O)c2ccc(S(=O)(=O)c3ccccc3)s2)CC1. The van der Waals surface area contributed by atoms with Gasteiger partial charge in [-0.2, -0.15) is 0 Å². The highest BCUT2D eigenvalue weighted by atomic mass is 32.2. The smallest absolute Gasteiger partial charge is 0.309 e. The molecule has 1 aliphatic rings. The number of carbonyl (C=O) groups excluding carboxylic acids is 2. The quantitative estimate of drug-likeness (QED) is 0.712. The number of amides is 1. The number of carbonyl (C=O) groups is 2. The molecule has 6 nitrogen and oxygen atoms in total. The van der Waals surface area contributed by atoms with Crippen LogP contribution in [0.1, 0.15) is 29.4 Å². The fourth-order valence-electron chi connectivity index (χ4n) is 3.03. The zero-order chi connectivity index (χ0) is 19.4. The largest absolute Gasteiger partial charge is 0.466 e. The monoisotopic (exact) mass is 407 g/mol. The lowest BCUT2D eigenvalue weighted by Gasteiger charge is -2.30. The molecule has 0 radical (unpaired) electrons. The van der Waals surface area contributed by atoms with Gasteiger partial charge in [-0.05, 0) is 44.0 Å². The van der Waals surface area contributed by atoms with E-state index in [-0.39, 0.29) is 26.9 Å². The Kier molecular flexibility index (Phi) is 5.96. The lowest BCUT2D eigenvalue weighted by atomic mass is 9.97. The standard InChI is InChI=1S/C19H21NO5S2/c1-2-25-19(22)14-10-12-20(13-11-14)18(21)16-8-9-17(26-16)27(23,24)15-6-4-3-5-7-15/h3-9,14H,2,10-13H2,1H3. The minimum absolute atomic E-state index is 0.151. The molecule has 2 heterocycles. The van der Waals surface area contributed by atoms with Crippen molar-refractivity contribution in [3.63, 3.8) is 0 Å². The average molecular weight is 408 g/mol. The summed E-state index contributed by atoms with van der Waals surface area (Å²) in [5, 5.41) is 0. The number of hydrogen-bond donors (Lipinski definition) is 0. The minimum atomic E-state index is -3.62. The molecule has 3 rings (SSSR count). The summed E-state index contributed by atoms with van der Waals surface area (Å²) in [6, 6.07) is 11.2. The number of benzene rings is 1. The van der Waals surface area contributed by atoms with Gasteiger partial charge in [-0.1, -0.05) is 18.2 Å². The van der Waals surface area contributed by atoms with E-state index in [1.165, 1.54) is 18.2 Å². The highest BCUT2D eigenvalue weighted by Crippen LogP contribution is 2.29. The van der Waals surface area contributed by atoms with Gasteiger partial charge in [-0.25, -0.2) is 8.42 Å². The van der Waals surface area contributed by atoms with E-state index in [1.807, 2.05) is 0 Å². The molecule has 1 saturated heterocycles. The topological polar surface area (TPSA) is 80.8 Å². The van der Waals surface area contributed by atoms with Crippen LogP contribution < -0.4 is 0 Å². The maximum atomic E-state index is 12.7. The van der Waals surface area contributed by atoms with Crippen molar-refractivity contribution in [3.8, 4) is 0 Å². The van der Waals surface area contributed by atoms with Gasteiger partial charge in [0, 0.05) is 13.1 Å². The van der Waals surface area contributed by atoms with Gasteiger partial charge >= 0.3 is 5.97 Å². The molecule has 0 saturated carbocycles. The van der Waals surface area contributed by atoms with Gasteiger partial charge in [0.05, 0.1) is 22.3 Å². The lowest BCUT2D eigenvalue weighted by molar-refractivity contribution is -0.149. The van der Waals surface area contributed by atoms with Crippen LogP contribution in [0.2, 0.25) is 0 Å². The number of ether oxygens (including phenoxy) is 1. The maximum Gasteiger partial charge on any atom is 0.309 e. The van der Waals surface area contributed by atoms with Crippen LogP contribution in [0.15, 0.2) is 51.6 Å². The van der Waals surface area contributed by atoms with Crippen LogP contribution in [0.4, 0.5) is 0 Å². The molecule has 0 N–H and O–H groups in total. The molecule has 1 aromatic heterocycles. The van der Waals surface area contributed by atoms with E-state index in [0.717, 1.165) is 11.3 Å². The molecule has 1 fully saturated rings. The van der Waals surface area contributed by atoms with Gasteiger partial charge in [0.1, 0.15) is 4.21 Å². The number of sulfone groups is 1. The second kappa shape index (κ2) is 8.22. The molecule has 1 aromatic carbocycles. The summed E-state index contributed by atoms with van der Waals surface area (Å²) < 4.78 is 30.5. The fraction of sp³-hybridized carbons (Fsp3) is 0.368. The van der Waals surface area contributed by atoms with Crippen LogP contribution in [0.25, 0.3) is 0 Å². The summed E-state index contributed by atoms with van der Waals surface area (Å²) in [7, 11) is -3.62. The third-order valence-electron chi connectivity index (χ3n) is 4.51. The van der Waals surface area contributed by atoms with Crippen molar-refractivity contribution in [2.45, 2.75) is 28.9 Å². The number of thiophene rings is 1. The van der Waals surface area contributed by atoms with Crippen LogP contribution in [-0.4, -0.2) is 44.9 Å². The highest BCUT2D eigenvalue weighted by molar-refractivity contribution is 7.93. The molecule has 0 aliphatic carbocycles. The molecule has 0 atom stereocenters. The van der Waals surface area contributed by atoms with Crippen molar-refractivity contribution in [2.75, 3.05) is 19.7 Å². The van der Waals surface area contributed by atoms with Gasteiger partial charge in [-0.3, -0.25) is 9.59 Å². The van der Waals surface area contributed by atoms with Crippen LogP contribution in [-0.2, 0) is 19.4 Å². The van der Waals surface area contributed by atoms with E-state index in [4.69, 9.17) is 4.74 Å². The third kappa shape index (κ3) is 4.22. The van der Waals surface area contributed by atoms with Crippen molar-refractivity contribution in [3.05, 3.63) is 47.3 Å². The predicted octanol–water partition coefficient (Wildman–Crippen LogP) is 3.00. The molecular formula is C19H21NO5S2. The minimum Gasteiger partial charge on any atom is -0.466 e. The van der Waals surface area contributed by atoms with Gasteiger partial charge in [-0.15, -0.1) is 11.3 Å². The van der Waals surface area contributed by atoms with Crippen molar-refractivity contribution < 1.29 is 22.7 Å². The van der Waals surface area contributed by atoms with E-state index >= 15 is 0 Å². The van der Waals surface area contributed by atoms with Crippen molar-refractivity contribution in [2.24, 2.45) is 5.92 Å². The summed E-state index contributed by atoms with van der Waals surface area (Å²) in [6.07, 6.45) is 1.12. The Morgan fingerprint density at radius 1 is 1.11 bits per heavy atom.